The fraction of sp³-hybridized carbons (Fsp3) is 0.115. The Morgan fingerprint density at radius 2 is 1.87 bits per heavy atom. The number of hydrogen-bond donors (Lipinski definition) is 2. The summed E-state index contributed by atoms with van der Waals surface area (Å²) < 4.78 is 41.0. The summed E-state index contributed by atoms with van der Waals surface area (Å²) in [6.45, 7) is 1.62. The predicted molar refractivity (Wildman–Crippen MR) is 134 cm³/mol. The van der Waals surface area contributed by atoms with Crippen LogP contribution in [-0.2, 0) is 0 Å². The van der Waals surface area contributed by atoms with Gasteiger partial charge >= 0.3 is 6.18 Å². The largest absolute Gasteiger partial charge is 0.458 e. The molecule has 5 aromatic rings. The number of carbonyl (C=O) groups excluding carboxylic acids is 1. The maximum atomic E-state index is 13.8. The van der Waals surface area contributed by atoms with Gasteiger partial charge in [-0.2, -0.15) is 13.2 Å². The van der Waals surface area contributed by atoms with Crippen LogP contribution >= 0.6 is 0 Å². The van der Waals surface area contributed by atoms with E-state index in [0.717, 1.165) is 0 Å². The van der Waals surface area contributed by atoms with Crippen LogP contribution in [0.4, 0.5) is 19.0 Å². The van der Waals surface area contributed by atoms with E-state index in [9.17, 15) is 22.8 Å². The van der Waals surface area contributed by atoms with Crippen LogP contribution in [0.2, 0.25) is 0 Å². The molecule has 1 atom stereocenters. The van der Waals surface area contributed by atoms with Crippen LogP contribution < -0.4 is 16.6 Å². The third kappa shape index (κ3) is 4.53. The number of nitrogens with two attached hydrogens (primary N) is 1. The van der Waals surface area contributed by atoms with Crippen LogP contribution in [0, 0.1) is 11.8 Å². The molecule has 3 N–H and O–H groups in total. The van der Waals surface area contributed by atoms with Gasteiger partial charge in [-0.3, -0.25) is 14.2 Å². The molecule has 1 amide bonds. The van der Waals surface area contributed by atoms with Gasteiger partial charge in [0, 0.05) is 23.9 Å². The Morgan fingerprint density at radius 3 is 2.61 bits per heavy atom. The van der Waals surface area contributed by atoms with Gasteiger partial charge in [0.05, 0.1) is 22.6 Å². The van der Waals surface area contributed by atoms with E-state index in [-0.39, 0.29) is 39.3 Å². The molecule has 0 saturated carbocycles. The summed E-state index contributed by atoms with van der Waals surface area (Å²) in [6.07, 6.45) is -1.65. The van der Waals surface area contributed by atoms with Crippen molar-refractivity contribution in [1.82, 2.24) is 29.5 Å². The minimum atomic E-state index is -4.73. The molecule has 0 spiro atoms. The standard InChI is InChI=1S/C26H18F3N7O2/c1-15(32-24(37)20-21(30)34-35-14-6-13-31-23(20)35)22-33-18-10-5-7-16(11-12-26(27,28)29)19(18)25(38)36(22)17-8-3-2-4-9-17/h2-10,13-15H,1H3,(H2,30,34)(H,32,37)/t15-/m1/s1. The van der Waals surface area contributed by atoms with Crippen LogP contribution in [0.1, 0.15) is 34.7 Å². The molecule has 0 aliphatic heterocycles. The minimum Gasteiger partial charge on any atom is -0.381 e. The van der Waals surface area contributed by atoms with Crippen molar-refractivity contribution in [3.05, 3.63) is 94.3 Å². The first-order valence-corrected chi connectivity index (χ1v) is 11.2. The fourth-order valence-electron chi connectivity index (χ4n) is 4.06. The summed E-state index contributed by atoms with van der Waals surface area (Å²) >= 11 is 0. The molecule has 3 heterocycles. The second kappa shape index (κ2) is 9.36. The molecular formula is C26H18F3N7O2. The van der Waals surface area contributed by atoms with E-state index in [4.69, 9.17) is 5.73 Å². The monoisotopic (exact) mass is 517 g/mol. The number of nitrogen functional groups attached to an aromatic ring is 1. The highest BCUT2D eigenvalue weighted by Gasteiger charge is 2.26. The Hall–Kier alpha value is -5.18. The Labute approximate surface area is 212 Å². The van der Waals surface area contributed by atoms with E-state index in [1.54, 1.807) is 49.5 Å². The number of nitrogens with one attached hydrogen (secondary N) is 1. The zero-order chi connectivity index (χ0) is 27.0. The number of anilines is 1. The summed E-state index contributed by atoms with van der Waals surface area (Å²) in [5.74, 6) is 2.76. The molecule has 12 heteroatoms. The van der Waals surface area contributed by atoms with Gasteiger partial charge in [-0.15, -0.1) is 5.10 Å². The number of halogens is 3. The number of carbonyl (C=O) groups is 1. The molecule has 0 unspecified atom stereocenters. The number of benzene rings is 2. The Balaban J connectivity index is 1.66. The molecule has 0 saturated heterocycles. The Morgan fingerprint density at radius 1 is 1.11 bits per heavy atom. The van der Waals surface area contributed by atoms with Gasteiger partial charge in [0.15, 0.2) is 11.5 Å². The third-order valence-electron chi connectivity index (χ3n) is 5.66. The summed E-state index contributed by atoms with van der Waals surface area (Å²) in [7, 11) is 0. The molecule has 3 aromatic heterocycles. The van der Waals surface area contributed by atoms with E-state index in [1.807, 2.05) is 5.92 Å². The quantitative estimate of drug-likeness (QED) is 0.353. The SMILES string of the molecule is C[C@@H](NC(=O)c1c(N)nn2cccnc12)c1nc2cccc(C#CC(F)(F)F)c2c(=O)n1-c1ccccc1. The molecule has 0 fully saturated rings. The molecule has 0 radical (unpaired) electrons. The fourth-order valence-corrected chi connectivity index (χ4v) is 4.06. The molecular weight excluding hydrogens is 499 g/mol. The number of nitrogens with zero attached hydrogens (tertiary/aromatic N) is 5. The molecule has 0 aliphatic rings. The maximum Gasteiger partial charge on any atom is 0.458 e. The van der Waals surface area contributed by atoms with E-state index in [0.29, 0.717) is 5.69 Å². The van der Waals surface area contributed by atoms with Crippen molar-refractivity contribution in [2.75, 3.05) is 5.73 Å². The number of alkyl halides is 3. The zero-order valence-corrected chi connectivity index (χ0v) is 19.7. The predicted octanol–water partition coefficient (Wildman–Crippen LogP) is 3.42. The molecule has 2 aromatic carbocycles. The van der Waals surface area contributed by atoms with Gasteiger partial charge in [0.2, 0.25) is 0 Å². The van der Waals surface area contributed by atoms with Crippen molar-refractivity contribution in [2.45, 2.75) is 19.1 Å². The zero-order valence-electron chi connectivity index (χ0n) is 19.7. The lowest BCUT2D eigenvalue weighted by Crippen LogP contribution is -2.33. The van der Waals surface area contributed by atoms with Gasteiger partial charge in [-0.1, -0.05) is 30.2 Å². The number of para-hydroxylation sites is 1. The van der Waals surface area contributed by atoms with Crippen LogP contribution in [0.15, 0.2) is 71.8 Å². The molecule has 38 heavy (non-hydrogen) atoms. The molecule has 0 bridgehead atoms. The number of aromatic nitrogens is 5. The summed E-state index contributed by atoms with van der Waals surface area (Å²) in [5.41, 5.74) is 6.04. The summed E-state index contributed by atoms with van der Waals surface area (Å²) in [4.78, 5) is 35.7. The van der Waals surface area contributed by atoms with Crippen LogP contribution in [-0.4, -0.2) is 36.2 Å². The van der Waals surface area contributed by atoms with Gasteiger partial charge < -0.3 is 11.1 Å². The van der Waals surface area contributed by atoms with Crippen LogP contribution in [0.25, 0.3) is 22.2 Å². The number of amides is 1. The van der Waals surface area contributed by atoms with Crippen molar-refractivity contribution in [1.29, 1.82) is 0 Å². The highest BCUT2D eigenvalue weighted by Crippen LogP contribution is 2.22. The van der Waals surface area contributed by atoms with E-state index in [1.165, 1.54) is 39.4 Å². The molecule has 0 aliphatic carbocycles. The van der Waals surface area contributed by atoms with E-state index in [2.05, 4.69) is 20.4 Å². The maximum absolute atomic E-state index is 13.8. The summed E-state index contributed by atoms with van der Waals surface area (Å²) in [6, 6.07) is 13.5. The third-order valence-corrected chi connectivity index (χ3v) is 5.66. The van der Waals surface area contributed by atoms with Gasteiger partial charge in [-0.05, 0) is 37.3 Å². The molecule has 5 rings (SSSR count). The van der Waals surface area contributed by atoms with Crippen LogP contribution in [0.5, 0.6) is 0 Å². The topological polar surface area (TPSA) is 120 Å². The second-order valence-corrected chi connectivity index (χ2v) is 8.24. The number of rotatable bonds is 4. The van der Waals surface area contributed by atoms with Gasteiger partial charge in [0.25, 0.3) is 11.5 Å². The lowest BCUT2D eigenvalue weighted by atomic mass is 10.1. The average molecular weight is 517 g/mol. The first kappa shape index (κ1) is 24.5. The van der Waals surface area contributed by atoms with Crippen molar-refractivity contribution >= 4 is 28.3 Å². The number of fused-ring (bicyclic) bond motifs is 2. The Kier molecular flexibility index (Phi) is 6.04. The van der Waals surface area contributed by atoms with Crippen molar-refractivity contribution in [3.8, 4) is 17.5 Å². The lowest BCUT2D eigenvalue weighted by Gasteiger charge is -2.20. The smallest absolute Gasteiger partial charge is 0.381 e. The highest BCUT2D eigenvalue weighted by atomic mass is 19.4. The van der Waals surface area contributed by atoms with E-state index >= 15 is 0 Å². The average Bonchev–Trinajstić information content (AvgIpc) is 3.23. The first-order chi connectivity index (χ1) is 18.1. The number of hydrogen-bond acceptors (Lipinski definition) is 6. The van der Waals surface area contributed by atoms with Crippen molar-refractivity contribution < 1.29 is 18.0 Å². The Bertz CT molecular complexity index is 1820. The van der Waals surface area contributed by atoms with Gasteiger partial charge in [0.1, 0.15) is 11.4 Å². The second-order valence-electron chi connectivity index (χ2n) is 8.24. The van der Waals surface area contributed by atoms with Crippen molar-refractivity contribution in [2.24, 2.45) is 0 Å². The van der Waals surface area contributed by atoms with Crippen LogP contribution in [0.3, 0.4) is 0 Å². The minimum absolute atomic E-state index is 0.0341. The first-order valence-electron chi connectivity index (χ1n) is 11.2. The van der Waals surface area contributed by atoms with Gasteiger partial charge in [-0.25, -0.2) is 14.5 Å². The normalized spacial score (nSPS) is 12.2. The molecule has 9 nitrogen and oxygen atoms in total. The van der Waals surface area contributed by atoms with Crippen molar-refractivity contribution in [3.63, 3.8) is 0 Å². The van der Waals surface area contributed by atoms with E-state index < -0.39 is 23.7 Å². The summed E-state index contributed by atoms with van der Waals surface area (Å²) in [5, 5.41) is 6.79. The highest BCUT2D eigenvalue weighted by molar-refractivity contribution is 6.04. The lowest BCUT2D eigenvalue weighted by molar-refractivity contribution is -0.0696. The molecule has 190 valence electrons.